The van der Waals surface area contributed by atoms with Gasteiger partial charge in [0, 0.05) is 25.9 Å². The number of nitrogens with one attached hydrogen (secondary N) is 1. The molecule has 1 atom stereocenters. The third-order valence-corrected chi connectivity index (χ3v) is 4.85. The first-order valence-corrected chi connectivity index (χ1v) is 7.30. The number of rotatable bonds is 6. The van der Waals surface area contributed by atoms with Gasteiger partial charge in [-0.2, -0.15) is 0 Å². The van der Waals surface area contributed by atoms with Crippen LogP contribution in [-0.2, 0) is 14.8 Å². The number of aliphatic hydroxyl groups is 1. The van der Waals surface area contributed by atoms with Gasteiger partial charge in [-0.3, -0.25) is 0 Å². The van der Waals surface area contributed by atoms with Gasteiger partial charge in [-0.05, 0) is 32.6 Å². The van der Waals surface area contributed by atoms with Crippen molar-refractivity contribution in [1.82, 2.24) is 4.72 Å². The van der Waals surface area contributed by atoms with E-state index in [2.05, 4.69) is 4.72 Å². The zero-order valence-electron chi connectivity index (χ0n) is 9.68. The standard InChI is InChI=1S/C10H21NO4S/c1-9(3-2-6-12)11-16(13,14)10-4-7-15-8-5-10/h9-12H,2-8H2,1H3. The molecule has 0 aromatic carbocycles. The fourth-order valence-corrected chi connectivity index (χ4v) is 3.50. The molecule has 0 bridgehead atoms. The quantitative estimate of drug-likeness (QED) is 0.709. The van der Waals surface area contributed by atoms with Crippen LogP contribution in [0.4, 0.5) is 0 Å². The van der Waals surface area contributed by atoms with E-state index in [4.69, 9.17) is 9.84 Å². The Morgan fingerprint density at radius 1 is 1.44 bits per heavy atom. The van der Waals surface area contributed by atoms with Gasteiger partial charge < -0.3 is 9.84 Å². The van der Waals surface area contributed by atoms with Gasteiger partial charge in [0.1, 0.15) is 0 Å². The monoisotopic (exact) mass is 251 g/mol. The molecule has 5 nitrogen and oxygen atoms in total. The zero-order valence-corrected chi connectivity index (χ0v) is 10.5. The van der Waals surface area contributed by atoms with Crippen molar-refractivity contribution >= 4 is 10.0 Å². The third kappa shape index (κ3) is 4.37. The molecule has 96 valence electrons. The average molecular weight is 251 g/mol. The van der Waals surface area contributed by atoms with Crippen molar-refractivity contribution in [3.63, 3.8) is 0 Å². The Hall–Kier alpha value is -0.170. The molecule has 1 saturated heterocycles. The molecule has 0 aromatic heterocycles. The van der Waals surface area contributed by atoms with Crippen LogP contribution in [0.15, 0.2) is 0 Å². The van der Waals surface area contributed by atoms with Crippen LogP contribution in [0.1, 0.15) is 32.6 Å². The van der Waals surface area contributed by atoms with Crippen LogP contribution >= 0.6 is 0 Å². The summed E-state index contributed by atoms with van der Waals surface area (Å²) in [6, 6.07) is -0.111. The molecule has 0 amide bonds. The van der Waals surface area contributed by atoms with Gasteiger partial charge in [-0.25, -0.2) is 13.1 Å². The summed E-state index contributed by atoms with van der Waals surface area (Å²) in [6.07, 6.45) is 2.43. The Balaban J connectivity index is 2.43. The van der Waals surface area contributed by atoms with Crippen molar-refractivity contribution in [2.75, 3.05) is 19.8 Å². The normalized spacial score (nSPS) is 20.9. The Kier molecular flexibility index (Phi) is 5.68. The molecule has 0 spiro atoms. The molecule has 0 aliphatic carbocycles. The Morgan fingerprint density at radius 2 is 2.06 bits per heavy atom. The number of aliphatic hydroxyl groups excluding tert-OH is 1. The van der Waals surface area contributed by atoms with Gasteiger partial charge in [0.15, 0.2) is 0 Å². The number of hydrogen-bond acceptors (Lipinski definition) is 4. The minimum atomic E-state index is -3.22. The van der Waals surface area contributed by atoms with Crippen LogP contribution in [0, 0.1) is 0 Å². The van der Waals surface area contributed by atoms with E-state index in [0.717, 1.165) is 0 Å². The van der Waals surface area contributed by atoms with Gasteiger partial charge in [0.2, 0.25) is 10.0 Å². The summed E-state index contributed by atoms with van der Waals surface area (Å²) in [5, 5.41) is 8.35. The molecule has 16 heavy (non-hydrogen) atoms. The third-order valence-electron chi connectivity index (χ3n) is 2.77. The largest absolute Gasteiger partial charge is 0.396 e. The minimum Gasteiger partial charge on any atom is -0.396 e. The maximum atomic E-state index is 11.9. The lowest BCUT2D eigenvalue weighted by Crippen LogP contribution is -2.42. The summed E-state index contributed by atoms with van der Waals surface area (Å²) >= 11 is 0. The molecule has 1 aliphatic rings. The highest BCUT2D eigenvalue weighted by atomic mass is 32.2. The molecule has 0 saturated carbocycles. The molecular formula is C10H21NO4S. The van der Waals surface area contributed by atoms with Crippen LogP contribution in [0.5, 0.6) is 0 Å². The zero-order chi connectivity index (χ0) is 12.0. The van der Waals surface area contributed by atoms with E-state index in [1.807, 2.05) is 6.92 Å². The highest BCUT2D eigenvalue weighted by molar-refractivity contribution is 7.90. The highest BCUT2D eigenvalue weighted by Gasteiger charge is 2.28. The van der Waals surface area contributed by atoms with Crippen LogP contribution in [-0.4, -0.2) is 44.6 Å². The van der Waals surface area contributed by atoms with Gasteiger partial charge in [-0.15, -0.1) is 0 Å². The second-order valence-corrected chi connectivity index (χ2v) is 6.23. The molecule has 1 heterocycles. The smallest absolute Gasteiger partial charge is 0.214 e. The molecule has 1 fully saturated rings. The van der Waals surface area contributed by atoms with E-state index in [9.17, 15) is 8.42 Å². The first kappa shape index (κ1) is 13.9. The highest BCUT2D eigenvalue weighted by Crippen LogP contribution is 2.15. The van der Waals surface area contributed by atoms with Gasteiger partial charge in [-0.1, -0.05) is 0 Å². The summed E-state index contributed by atoms with van der Waals surface area (Å²) in [4.78, 5) is 0. The molecule has 2 N–H and O–H groups in total. The summed E-state index contributed by atoms with van der Waals surface area (Å²) in [5.74, 6) is 0. The molecule has 1 unspecified atom stereocenters. The van der Waals surface area contributed by atoms with Crippen molar-refractivity contribution in [1.29, 1.82) is 0 Å². The second-order valence-electron chi connectivity index (χ2n) is 4.24. The summed E-state index contributed by atoms with van der Waals surface area (Å²) in [6.45, 7) is 2.98. The summed E-state index contributed by atoms with van der Waals surface area (Å²) in [5.41, 5.74) is 0. The topological polar surface area (TPSA) is 75.6 Å². The predicted molar refractivity (Wildman–Crippen MR) is 61.7 cm³/mol. The lowest BCUT2D eigenvalue weighted by Gasteiger charge is -2.24. The summed E-state index contributed by atoms with van der Waals surface area (Å²) in [7, 11) is -3.22. The van der Waals surface area contributed by atoms with Crippen molar-refractivity contribution in [3.05, 3.63) is 0 Å². The fourth-order valence-electron chi connectivity index (χ4n) is 1.82. The van der Waals surface area contributed by atoms with Crippen LogP contribution in [0.3, 0.4) is 0 Å². The number of ether oxygens (including phenoxy) is 1. The molecule has 0 aromatic rings. The molecule has 1 rings (SSSR count). The average Bonchev–Trinajstić information content (AvgIpc) is 2.27. The summed E-state index contributed by atoms with van der Waals surface area (Å²) < 4.78 is 31.7. The minimum absolute atomic E-state index is 0.101. The SMILES string of the molecule is CC(CCCO)NS(=O)(=O)C1CCOCC1. The second kappa shape index (κ2) is 6.54. The van der Waals surface area contributed by atoms with Gasteiger partial charge >= 0.3 is 0 Å². The first-order chi connectivity index (χ1) is 7.56. The van der Waals surface area contributed by atoms with Crippen molar-refractivity contribution < 1.29 is 18.3 Å². The molecular weight excluding hydrogens is 230 g/mol. The molecule has 6 heteroatoms. The maximum Gasteiger partial charge on any atom is 0.214 e. The van der Waals surface area contributed by atoms with Gasteiger partial charge in [0.05, 0.1) is 5.25 Å². The van der Waals surface area contributed by atoms with Crippen molar-refractivity contribution in [3.8, 4) is 0 Å². The van der Waals surface area contributed by atoms with Crippen LogP contribution in [0.2, 0.25) is 0 Å². The Morgan fingerprint density at radius 3 is 2.62 bits per heavy atom. The molecule has 0 radical (unpaired) electrons. The van der Waals surface area contributed by atoms with E-state index < -0.39 is 10.0 Å². The van der Waals surface area contributed by atoms with E-state index >= 15 is 0 Å². The Bertz CT molecular complexity index is 285. The first-order valence-electron chi connectivity index (χ1n) is 5.76. The Labute approximate surface area is 97.2 Å². The predicted octanol–water partition coefficient (Wildman–Crippen LogP) is 0.246. The van der Waals surface area contributed by atoms with Crippen LogP contribution in [0.25, 0.3) is 0 Å². The van der Waals surface area contributed by atoms with E-state index in [1.165, 1.54) is 0 Å². The number of sulfonamides is 1. The van der Waals surface area contributed by atoms with Crippen molar-refractivity contribution in [2.24, 2.45) is 0 Å². The lowest BCUT2D eigenvalue weighted by molar-refractivity contribution is 0.0980. The maximum absolute atomic E-state index is 11.9. The van der Waals surface area contributed by atoms with E-state index in [1.54, 1.807) is 0 Å². The van der Waals surface area contributed by atoms with Crippen molar-refractivity contribution in [2.45, 2.75) is 43.9 Å². The molecule has 1 aliphatic heterocycles. The van der Waals surface area contributed by atoms with E-state index in [0.29, 0.717) is 38.9 Å². The van der Waals surface area contributed by atoms with E-state index in [-0.39, 0.29) is 17.9 Å². The number of hydrogen-bond donors (Lipinski definition) is 2. The lowest BCUT2D eigenvalue weighted by atomic mass is 10.2. The van der Waals surface area contributed by atoms with Crippen LogP contribution < -0.4 is 4.72 Å². The fraction of sp³-hybridized carbons (Fsp3) is 1.00. The van der Waals surface area contributed by atoms with Gasteiger partial charge in [0.25, 0.3) is 0 Å².